The Balaban J connectivity index is 1.44. The molecular formula is C25H23N3O7. The molecule has 10 nitrogen and oxygen atoms in total. The number of ether oxygens (including phenoxy) is 1. The first-order valence-corrected chi connectivity index (χ1v) is 11.1. The van der Waals surface area contributed by atoms with Crippen LogP contribution in [0.2, 0.25) is 0 Å². The molecule has 2 heterocycles. The van der Waals surface area contributed by atoms with E-state index in [1.165, 1.54) is 37.4 Å². The van der Waals surface area contributed by atoms with E-state index in [1.807, 2.05) is 6.92 Å². The number of rotatable bonds is 7. The van der Waals surface area contributed by atoms with Crippen LogP contribution in [0.15, 0.2) is 42.5 Å². The van der Waals surface area contributed by atoms with Gasteiger partial charge in [0.15, 0.2) is 6.61 Å². The molecule has 0 saturated heterocycles. The third-order valence-electron chi connectivity index (χ3n) is 6.25. The van der Waals surface area contributed by atoms with Crippen LogP contribution in [-0.2, 0) is 14.3 Å². The minimum atomic E-state index is -1.20. The normalized spacial score (nSPS) is 16.2. The zero-order valence-electron chi connectivity index (χ0n) is 19.4. The van der Waals surface area contributed by atoms with Gasteiger partial charge in [0.1, 0.15) is 6.04 Å². The second-order valence-electron chi connectivity index (χ2n) is 8.44. The van der Waals surface area contributed by atoms with Crippen molar-refractivity contribution in [2.24, 2.45) is 5.92 Å². The zero-order chi connectivity index (χ0) is 25.4. The summed E-state index contributed by atoms with van der Waals surface area (Å²) < 4.78 is 5.19. The molecule has 2 atom stereocenters. The summed E-state index contributed by atoms with van der Waals surface area (Å²) in [4.78, 5) is 77.2. The van der Waals surface area contributed by atoms with Crippen LogP contribution in [0.5, 0.6) is 0 Å². The lowest BCUT2D eigenvalue weighted by atomic mass is 9.97. The quantitative estimate of drug-likeness (QED) is 0.477. The van der Waals surface area contributed by atoms with Gasteiger partial charge in [-0.25, -0.2) is 4.79 Å². The van der Waals surface area contributed by atoms with Crippen molar-refractivity contribution in [2.45, 2.75) is 26.3 Å². The molecule has 0 bridgehead atoms. The lowest BCUT2D eigenvalue weighted by Crippen LogP contribution is -2.49. The van der Waals surface area contributed by atoms with Crippen molar-refractivity contribution < 1.29 is 33.5 Å². The van der Waals surface area contributed by atoms with Crippen molar-refractivity contribution >= 4 is 41.2 Å². The number of nitrogens with one attached hydrogen (secondary N) is 1. The number of fused-ring (bicyclic) bond motifs is 2. The Hall–Kier alpha value is -4.34. The van der Waals surface area contributed by atoms with Crippen LogP contribution in [-0.4, -0.2) is 65.0 Å². The lowest BCUT2D eigenvalue weighted by molar-refractivity contribution is -0.152. The van der Waals surface area contributed by atoms with Crippen LogP contribution in [0.3, 0.4) is 0 Å². The molecule has 2 aromatic carbocycles. The van der Waals surface area contributed by atoms with Gasteiger partial charge >= 0.3 is 5.97 Å². The van der Waals surface area contributed by atoms with Gasteiger partial charge in [-0.15, -0.1) is 0 Å². The molecule has 0 saturated carbocycles. The van der Waals surface area contributed by atoms with E-state index in [0.29, 0.717) is 6.42 Å². The average molecular weight is 477 g/mol. The van der Waals surface area contributed by atoms with E-state index in [0.717, 1.165) is 9.80 Å². The van der Waals surface area contributed by atoms with Crippen LogP contribution >= 0.6 is 0 Å². The van der Waals surface area contributed by atoms with Gasteiger partial charge in [-0.05, 0) is 36.2 Å². The molecule has 2 aromatic rings. The van der Waals surface area contributed by atoms with Gasteiger partial charge in [-0.3, -0.25) is 33.8 Å². The Morgan fingerprint density at radius 1 is 0.886 bits per heavy atom. The summed E-state index contributed by atoms with van der Waals surface area (Å²) in [5, 5.41) is 2.51. The second-order valence-corrected chi connectivity index (χ2v) is 8.44. The van der Waals surface area contributed by atoms with Crippen molar-refractivity contribution in [2.75, 3.05) is 19.0 Å². The smallest absolute Gasteiger partial charge is 0.330 e. The number of benzene rings is 2. The van der Waals surface area contributed by atoms with Gasteiger partial charge < -0.3 is 10.1 Å². The van der Waals surface area contributed by atoms with Gasteiger partial charge in [0.25, 0.3) is 29.5 Å². The van der Waals surface area contributed by atoms with E-state index in [9.17, 15) is 28.8 Å². The lowest BCUT2D eigenvalue weighted by Gasteiger charge is -2.28. The van der Waals surface area contributed by atoms with Gasteiger partial charge in [0.05, 0.1) is 22.3 Å². The van der Waals surface area contributed by atoms with E-state index >= 15 is 0 Å². The molecular weight excluding hydrogens is 454 g/mol. The number of nitrogens with zero attached hydrogens (tertiary/aromatic N) is 2. The predicted molar refractivity (Wildman–Crippen MR) is 123 cm³/mol. The molecule has 2 aliphatic rings. The summed E-state index contributed by atoms with van der Waals surface area (Å²) in [5.41, 5.74) is 1.08. The van der Waals surface area contributed by atoms with Crippen molar-refractivity contribution in [1.29, 1.82) is 0 Å². The fourth-order valence-electron chi connectivity index (χ4n) is 4.13. The van der Waals surface area contributed by atoms with Crippen molar-refractivity contribution in [3.63, 3.8) is 0 Å². The maximum atomic E-state index is 13.0. The predicted octanol–water partition coefficient (Wildman–Crippen LogP) is 2.11. The molecule has 0 unspecified atom stereocenters. The molecule has 35 heavy (non-hydrogen) atoms. The summed E-state index contributed by atoms with van der Waals surface area (Å²) in [6, 6.07) is 9.39. The van der Waals surface area contributed by atoms with Gasteiger partial charge in [0.2, 0.25) is 0 Å². The highest BCUT2D eigenvalue weighted by molar-refractivity contribution is 6.23. The first-order chi connectivity index (χ1) is 16.6. The fourth-order valence-corrected chi connectivity index (χ4v) is 4.13. The number of carbonyl (C=O) groups excluding carboxylic acids is 6. The highest BCUT2D eigenvalue weighted by Gasteiger charge is 2.45. The van der Waals surface area contributed by atoms with E-state index < -0.39 is 54.1 Å². The third kappa shape index (κ3) is 4.07. The number of anilines is 1. The van der Waals surface area contributed by atoms with Crippen LogP contribution in [0.1, 0.15) is 61.7 Å². The number of amides is 5. The monoisotopic (exact) mass is 477 g/mol. The topological polar surface area (TPSA) is 130 Å². The molecule has 0 fully saturated rings. The molecule has 4 rings (SSSR count). The Bertz CT molecular complexity index is 1250. The molecule has 0 aromatic heterocycles. The van der Waals surface area contributed by atoms with Crippen LogP contribution < -0.4 is 5.32 Å². The maximum Gasteiger partial charge on any atom is 0.330 e. The van der Waals surface area contributed by atoms with Crippen molar-refractivity contribution in [3.05, 3.63) is 64.7 Å². The Morgan fingerprint density at radius 3 is 2.06 bits per heavy atom. The van der Waals surface area contributed by atoms with Crippen molar-refractivity contribution in [1.82, 2.24) is 9.80 Å². The highest BCUT2D eigenvalue weighted by Crippen LogP contribution is 2.29. The maximum absolute atomic E-state index is 13.0. The van der Waals surface area contributed by atoms with Crippen LogP contribution in [0.4, 0.5) is 5.69 Å². The van der Waals surface area contributed by atoms with E-state index in [-0.39, 0.29) is 27.9 Å². The van der Waals surface area contributed by atoms with E-state index in [1.54, 1.807) is 19.1 Å². The number of imide groups is 2. The SMILES string of the molecule is CC[C@H](C)[C@@H](C(=O)OCC(=O)Nc1ccc2c(c1)C(=O)N(C)C2=O)N1C(=O)c2ccccc2C1=O. The summed E-state index contributed by atoms with van der Waals surface area (Å²) in [6.07, 6.45) is 0.482. The number of esters is 1. The molecule has 1 N–H and O–H groups in total. The fraction of sp³-hybridized carbons (Fsp3) is 0.280. The molecule has 0 spiro atoms. The van der Waals surface area contributed by atoms with Gasteiger partial charge in [-0.2, -0.15) is 0 Å². The molecule has 0 aliphatic carbocycles. The molecule has 5 amide bonds. The Labute approximate surface area is 200 Å². The first-order valence-electron chi connectivity index (χ1n) is 11.1. The Morgan fingerprint density at radius 2 is 1.46 bits per heavy atom. The first kappa shape index (κ1) is 23.8. The molecule has 180 valence electrons. The number of carbonyl (C=O) groups is 6. The standard InChI is InChI=1S/C25H23N3O7/c1-4-13(2)20(28-23(32)15-7-5-6-8-16(15)24(28)33)25(34)35-12-19(29)26-14-9-10-17-18(11-14)22(31)27(3)21(17)30/h5-11,13,20H,4,12H2,1-3H3,(H,26,29)/t13-,20-/m0/s1. The average Bonchev–Trinajstić information content (AvgIpc) is 3.23. The van der Waals surface area contributed by atoms with Crippen molar-refractivity contribution in [3.8, 4) is 0 Å². The number of hydrogen-bond acceptors (Lipinski definition) is 7. The summed E-state index contributed by atoms with van der Waals surface area (Å²) >= 11 is 0. The second kappa shape index (κ2) is 9.13. The zero-order valence-corrected chi connectivity index (χ0v) is 19.4. The molecule has 0 radical (unpaired) electrons. The van der Waals surface area contributed by atoms with Gasteiger partial charge in [-0.1, -0.05) is 32.4 Å². The van der Waals surface area contributed by atoms with Crippen LogP contribution in [0, 0.1) is 5.92 Å². The minimum Gasteiger partial charge on any atom is -0.454 e. The third-order valence-corrected chi connectivity index (χ3v) is 6.25. The minimum absolute atomic E-state index is 0.162. The largest absolute Gasteiger partial charge is 0.454 e. The molecule has 10 heteroatoms. The molecule has 2 aliphatic heterocycles. The highest BCUT2D eigenvalue weighted by atomic mass is 16.5. The summed E-state index contributed by atoms with van der Waals surface area (Å²) in [7, 11) is 1.37. The Kier molecular flexibility index (Phi) is 6.21. The van der Waals surface area contributed by atoms with E-state index in [4.69, 9.17) is 4.74 Å². The summed E-state index contributed by atoms with van der Waals surface area (Å²) in [6.45, 7) is 2.86. The van der Waals surface area contributed by atoms with Crippen LogP contribution in [0.25, 0.3) is 0 Å². The summed E-state index contributed by atoms with van der Waals surface area (Å²) in [5.74, 6) is -4.05. The van der Waals surface area contributed by atoms with Gasteiger partial charge in [0, 0.05) is 12.7 Å². The number of hydrogen-bond donors (Lipinski definition) is 1. The van der Waals surface area contributed by atoms with E-state index in [2.05, 4.69) is 5.32 Å².